The second kappa shape index (κ2) is 6.06. The van der Waals surface area contributed by atoms with Crippen molar-refractivity contribution in [2.24, 2.45) is 17.8 Å². The van der Waals surface area contributed by atoms with E-state index in [0.29, 0.717) is 6.42 Å². The van der Waals surface area contributed by atoms with Crippen LogP contribution in [0.3, 0.4) is 0 Å². The lowest BCUT2D eigenvalue weighted by molar-refractivity contribution is -0.157. The van der Waals surface area contributed by atoms with Crippen LogP contribution in [0.5, 0.6) is 0 Å². The molecule has 4 atom stereocenters. The highest BCUT2D eigenvalue weighted by Crippen LogP contribution is 2.43. The maximum atomic E-state index is 12.6. The van der Waals surface area contributed by atoms with Crippen LogP contribution in [0, 0.1) is 17.8 Å². The highest BCUT2D eigenvalue weighted by atomic mass is 16.5. The van der Waals surface area contributed by atoms with Crippen molar-refractivity contribution in [2.75, 3.05) is 6.61 Å². The number of aliphatic hydroxyl groups excluding tert-OH is 1. The van der Waals surface area contributed by atoms with Gasteiger partial charge in [-0.3, -0.25) is 14.5 Å². The Kier molecular flexibility index (Phi) is 4.60. The molecule has 0 saturated carbocycles. The monoisotopic (exact) mass is 281 g/mol. The maximum Gasteiger partial charge on any atom is 0.235 e. The van der Waals surface area contributed by atoms with Gasteiger partial charge in [0.25, 0.3) is 0 Å². The largest absolute Gasteiger partial charge is 0.396 e. The Morgan fingerprint density at radius 1 is 1.55 bits per heavy atom. The summed E-state index contributed by atoms with van der Waals surface area (Å²) in [5.41, 5.74) is 0. The molecule has 1 fully saturated rings. The van der Waals surface area contributed by atoms with Crippen molar-refractivity contribution >= 4 is 11.8 Å². The van der Waals surface area contributed by atoms with E-state index in [4.69, 9.17) is 9.84 Å². The first-order chi connectivity index (χ1) is 9.47. The van der Waals surface area contributed by atoms with Gasteiger partial charge in [-0.2, -0.15) is 0 Å². The lowest BCUT2D eigenvalue weighted by Gasteiger charge is -2.30. The van der Waals surface area contributed by atoms with Crippen molar-refractivity contribution in [3.63, 3.8) is 0 Å². The average molecular weight is 281 g/mol. The number of carbonyl (C=O) groups is 2. The van der Waals surface area contributed by atoms with Gasteiger partial charge in [0.05, 0.1) is 12.0 Å². The standard InChI is InChI=1S/C15H23NO4/c1-9(2)20-15-12-6-4-5-11(7-8-17)13(12)14(19)16(15)10(3)18/h4-5,9,11-13,15,17H,6-8H2,1-3H3/t11-,12-,13+,15+/m0/s1. The highest BCUT2D eigenvalue weighted by molar-refractivity contribution is 5.98. The lowest BCUT2D eigenvalue weighted by atomic mass is 9.76. The van der Waals surface area contributed by atoms with Crippen LogP contribution in [0.15, 0.2) is 12.2 Å². The molecule has 2 aliphatic rings. The number of allylic oxidation sites excluding steroid dienone is 2. The number of hydrogen-bond donors (Lipinski definition) is 1. The van der Waals surface area contributed by atoms with Crippen molar-refractivity contribution in [1.29, 1.82) is 0 Å². The molecule has 1 aliphatic heterocycles. The van der Waals surface area contributed by atoms with E-state index in [-0.39, 0.29) is 42.3 Å². The first-order valence-electron chi connectivity index (χ1n) is 7.24. The van der Waals surface area contributed by atoms with Crippen molar-refractivity contribution in [3.8, 4) is 0 Å². The van der Waals surface area contributed by atoms with E-state index in [1.165, 1.54) is 11.8 Å². The number of likely N-dealkylation sites (tertiary alicyclic amines) is 1. The fourth-order valence-electron chi connectivity index (χ4n) is 3.33. The molecule has 0 spiro atoms. The third-order valence-electron chi connectivity index (χ3n) is 4.07. The molecule has 1 N–H and O–H groups in total. The van der Waals surface area contributed by atoms with E-state index in [9.17, 15) is 9.59 Å². The number of rotatable bonds is 4. The summed E-state index contributed by atoms with van der Waals surface area (Å²) in [5, 5.41) is 9.15. The molecule has 2 amide bonds. The molecule has 2 rings (SSSR count). The third-order valence-corrected chi connectivity index (χ3v) is 4.07. The minimum Gasteiger partial charge on any atom is -0.396 e. The van der Waals surface area contributed by atoms with E-state index < -0.39 is 6.23 Å². The predicted molar refractivity (Wildman–Crippen MR) is 73.5 cm³/mol. The van der Waals surface area contributed by atoms with Crippen LogP contribution in [0.1, 0.15) is 33.6 Å². The third kappa shape index (κ3) is 2.65. The van der Waals surface area contributed by atoms with E-state index in [0.717, 1.165) is 6.42 Å². The molecule has 1 aliphatic carbocycles. The van der Waals surface area contributed by atoms with Crippen LogP contribution in [0.2, 0.25) is 0 Å². The molecule has 1 saturated heterocycles. The summed E-state index contributed by atoms with van der Waals surface area (Å²) >= 11 is 0. The van der Waals surface area contributed by atoms with Gasteiger partial charge in [-0.1, -0.05) is 12.2 Å². The van der Waals surface area contributed by atoms with Gasteiger partial charge in [0.1, 0.15) is 6.23 Å². The minimum absolute atomic E-state index is 0.00431. The molecule has 1 heterocycles. The van der Waals surface area contributed by atoms with Gasteiger partial charge in [-0.05, 0) is 32.6 Å². The molecule has 0 radical (unpaired) electrons. The van der Waals surface area contributed by atoms with Gasteiger partial charge in [-0.25, -0.2) is 0 Å². The highest BCUT2D eigenvalue weighted by Gasteiger charge is 2.53. The first-order valence-corrected chi connectivity index (χ1v) is 7.24. The lowest BCUT2D eigenvalue weighted by Crippen LogP contribution is -2.41. The Balaban J connectivity index is 2.30. The summed E-state index contributed by atoms with van der Waals surface area (Å²) in [4.78, 5) is 25.7. The van der Waals surface area contributed by atoms with Gasteiger partial charge < -0.3 is 9.84 Å². The Hall–Kier alpha value is -1.20. The summed E-state index contributed by atoms with van der Waals surface area (Å²) in [5.74, 6) is -0.683. The number of hydrogen-bond acceptors (Lipinski definition) is 4. The van der Waals surface area contributed by atoms with Crippen LogP contribution in [-0.4, -0.2) is 40.8 Å². The van der Waals surface area contributed by atoms with Crippen LogP contribution in [0.25, 0.3) is 0 Å². The molecule has 5 heteroatoms. The number of aliphatic hydroxyl groups is 1. The summed E-state index contributed by atoms with van der Waals surface area (Å²) in [7, 11) is 0. The molecule has 5 nitrogen and oxygen atoms in total. The smallest absolute Gasteiger partial charge is 0.235 e. The number of fused-ring (bicyclic) bond motifs is 1. The van der Waals surface area contributed by atoms with E-state index in [1.54, 1.807) is 0 Å². The topological polar surface area (TPSA) is 66.8 Å². The summed E-state index contributed by atoms with van der Waals surface area (Å²) in [6, 6.07) is 0. The second-order valence-corrected chi connectivity index (χ2v) is 5.83. The average Bonchev–Trinajstić information content (AvgIpc) is 2.63. The molecule has 0 unspecified atom stereocenters. The number of amides is 2. The summed E-state index contributed by atoms with van der Waals surface area (Å²) in [6.45, 7) is 5.25. The number of imide groups is 1. The van der Waals surface area contributed by atoms with E-state index in [2.05, 4.69) is 0 Å². The zero-order valence-electron chi connectivity index (χ0n) is 12.3. The molecule has 0 bridgehead atoms. The summed E-state index contributed by atoms with van der Waals surface area (Å²) < 4.78 is 5.84. The molecular weight excluding hydrogens is 258 g/mol. The van der Waals surface area contributed by atoms with Crippen molar-refractivity contribution in [3.05, 3.63) is 12.2 Å². The van der Waals surface area contributed by atoms with Crippen molar-refractivity contribution in [1.82, 2.24) is 4.90 Å². The molecule has 20 heavy (non-hydrogen) atoms. The molecule has 112 valence electrons. The van der Waals surface area contributed by atoms with E-state index in [1.807, 2.05) is 26.0 Å². The molecule has 0 aromatic heterocycles. The van der Waals surface area contributed by atoms with Gasteiger partial charge in [0, 0.05) is 19.4 Å². The first kappa shape index (κ1) is 15.2. The van der Waals surface area contributed by atoms with Gasteiger partial charge >= 0.3 is 0 Å². The number of nitrogens with zero attached hydrogens (tertiary/aromatic N) is 1. The second-order valence-electron chi connectivity index (χ2n) is 5.83. The van der Waals surface area contributed by atoms with Crippen LogP contribution < -0.4 is 0 Å². The Morgan fingerprint density at radius 3 is 2.80 bits per heavy atom. The minimum atomic E-state index is -0.476. The van der Waals surface area contributed by atoms with Crippen LogP contribution in [0.4, 0.5) is 0 Å². The quantitative estimate of drug-likeness (QED) is 0.789. The number of ether oxygens (including phenoxy) is 1. The Bertz CT molecular complexity index is 418. The molecular formula is C15H23NO4. The van der Waals surface area contributed by atoms with Gasteiger partial charge in [0.15, 0.2) is 0 Å². The SMILES string of the molecule is CC(=O)N1C(=O)[C@H]2[C@H](CC=C[C@H]2CCO)[C@H]1OC(C)C. The fourth-order valence-corrected chi connectivity index (χ4v) is 3.33. The van der Waals surface area contributed by atoms with Crippen molar-refractivity contribution in [2.45, 2.75) is 45.9 Å². The van der Waals surface area contributed by atoms with Crippen molar-refractivity contribution < 1.29 is 19.4 Å². The number of carbonyl (C=O) groups excluding carboxylic acids is 2. The van der Waals surface area contributed by atoms with Crippen LogP contribution >= 0.6 is 0 Å². The maximum absolute atomic E-state index is 12.6. The predicted octanol–water partition coefficient (Wildman–Crippen LogP) is 1.32. The van der Waals surface area contributed by atoms with E-state index >= 15 is 0 Å². The zero-order chi connectivity index (χ0) is 14.9. The summed E-state index contributed by atoms with van der Waals surface area (Å²) in [6.07, 6.45) is 4.79. The molecule has 0 aromatic carbocycles. The normalized spacial score (nSPS) is 32.9. The van der Waals surface area contributed by atoms with Crippen LogP contribution in [-0.2, 0) is 14.3 Å². The van der Waals surface area contributed by atoms with Gasteiger partial charge in [0.2, 0.25) is 11.8 Å². The van der Waals surface area contributed by atoms with Gasteiger partial charge in [-0.15, -0.1) is 0 Å². The fraction of sp³-hybridized carbons (Fsp3) is 0.733. The molecule has 0 aromatic rings. The zero-order valence-corrected chi connectivity index (χ0v) is 12.3. The Morgan fingerprint density at radius 2 is 2.25 bits per heavy atom. The Labute approximate surface area is 119 Å².